The predicted molar refractivity (Wildman–Crippen MR) is 79.5 cm³/mol. The molecule has 0 aliphatic rings. The number of rotatable bonds is 4. The number of amides is 1. The van der Waals surface area contributed by atoms with Crippen molar-refractivity contribution in [1.29, 1.82) is 0 Å². The number of pyridine rings is 1. The molecular weight excluding hydrogens is 260 g/mol. The van der Waals surface area contributed by atoms with Gasteiger partial charge in [0.15, 0.2) is 5.65 Å². The maximum atomic E-state index is 11.8. The SMILES string of the molecule is CS[C@H](C)C(=O)Nc1cnc2c(cnn2C(C)C)c1. The van der Waals surface area contributed by atoms with Gasteiger partial charge in [0.05, 0.1) is 23.3 Å². The zero-order chi connectivity index (χ0) is 14.0. The van der Waals surface area contributed by atoms with E-state index in [-0.39, 0.29) is 17.2 Å². The van der Waals surface area contributed by atoms with Crippen LogP contribution in [0, 0.1) is 0 Å². The number of nitrogens with zero attached hydrogens (tertiary/aromatic N) is 3. The summed E-state index contributed by atoms with van der Waals surface area (Å²) in [6.45, 7) is 6.00. The molecule has 2 rings (SSSR count). The summed E-state index contributed by atoms with van der Waals surface area (Å²) in [4.78, 5) is 16.2. The highest BCUT2D eigenvalue weighted by Gasteiger charge is 2.13. The average molecular weight is 278 g/mol. The Balaban J connectivity index is 2.25. The van der Waals surface area contributed by atoms with Crippen LogP contribution in [-0.4, -0.2) is 32.2 Å². The number of aromatic nitrogens is 3. The molecule has 0 saturated carbocycles. The number of hydrogen-bond donors (Lipinski definition) is 1. The van der Waals surface area contributed by atoms with Gasteiger partial charge in [-0.25, -0.2) is 9.67 Å². The van der Waals surface area contributed by atoms with Crippen LogP contribution in [0.25, 0.3) is 11.0 Å². The topological polar surface area (TPSA) is 59.8 Å². The summed E-state index contributed by atoms with van der Waals surface area (Å²) in [7, 11) is 0. The first-order valence-corrected chi connectivity index (χ1v) is 7.48. The second-order valence-electron chi connectivity index (χ2n) is 4.69. The molecule has 1 N–H and O–H groups in total. The van der Waals surface area contributed by atoms with E-state index in [1.54, 1.807) is 12.4 Å². The quantitative estimate of drug-likeness (QED) is 0.934. The number of hydrogen-bond acceptors (Lipinski definition) is 4. The zero-order valence-corrected chi connectivity index (χ0v) is 12.4. The summed E-state index contributed by atoms with van der Waals surface area (Å²) in [5, 5.41) is 8.03. The molecule has 0 aromatic carbocycles. The van der Waals surface area contributed by atoms with E-state index in [2.05, 4.69) is 29.2 Å². The molecule has 19 heavy (non-hydrogen) atoms. The van der Waals surface area contributed by atoms with E-state index in [1.807, 2.05) is 23.9 Å². The molecule has 6 heteroatoms. The van der Waals surface area contributed by atoms with Gasteiger partial charge in [-0.05, 0) is 33.1 Å². The Labute approximate surface area is 116 Å². The van der Waals surface area contributed by atoms with Crippen molar-refractivity contribution in [3.63, 3.8) is 0 Å². The fraction of sp³-hybridized carbons (Fsp3) is 0.462. The summed E-state index contributed by atoms with van der Waals surface area (Å²) < 4.78 is 1.87. The second kappa shape index (κ2) is 5.61. The first kappa shape index (κ1) is 13.9. The molecule has 1 amide bonds. The Kier molecular flexibility index (Phi) is 4.09. The summed E-state index contributed by atoms with van der Waals surface area (Å²) in [6, 6.07) is 2.17. The van der Waals surface area contributed by atoms with E-state index in [4.69, 9.17) is 0 Å². The standard InChI is InChI=1S/C13H18N4OS/c1-8(2)17-12-10(6-15-17)5-11(7-14-12)16-13(18)9(3)19-4/h5-9H,1-4H3,(H,16,18)/t9-/m1/s1. The van der Waals surface area contributed by atoms with Crippen LogP contribution in [0.4, 0.5) is 5.69 Å². The highest BCUT2D eigenvalue weighted by molar-refractivity contribution is 7.99. The number of fused-ring (bicyclic) bond motifs is 1. The maximum Gasteiger partial charge on any atom is 0.237 e. The highest BCUT2D eigenvalue weighted by Crippen LogP contribution is 2.19. The van der Waals surface area contributed by atoms with Gasteiger partial charge < -0.3 is 5.32 Å². The van der Waals surface area contributed by atoms with Crippen molar-refractivity contribution < 1.29 is 4.79 Å². The number of carbonyl (C=O) groups excluding carboxylic acids is 1. The van der Waals surface area contributed by atoms with Gasteiger partial charge in [-0.3, -0.25) is 4.79 Å². The molecule has 2 aromatic heterocycles. The minimum Gasteiger partial charge on any atom is -0.324 e. The van der Waals surface area contributed by atoms with Gasteiger partial charge in [-0.2, -0.15) is 16.9 Å². The lowest BCUT2D eigenvalue weighted by Crippen LogP contribution is -2.22. The van der Waals surface area contributed by atoms with Crippen LogP contribution in [0.1, 0.15) is 26.8 Å². The molecule has 0 bridgehead atoms. The Hall–Kier alpha value is -1.56. The van der Waals surface area contributed by atoms with Crippen molar-refractivity contribution in [3.8, 4) is 0 Å². The van der Waals surface area contributed by atoms with Crippen LogP contribution in [0.3, 0.4) is 0 Å². The van der Waals surface area contributed by atoms with Crippen LogP contribution in [0.2, 0.25) is 0 Å². The number of nitrogens with one attached hydrogen (secondary N) is 1. The van der Waals surface area contributed by atoms with E-state index in [1.165, 1.54) is 11.8 Å². The molecule has 0 fully saturated rings. The van der Waals surface area contributed by atoms with Crippen molar-refractivity contribution in [2.24, 2.45) is 0 Å². The number of anilines is 1. The van der Waals surface area contributed by atoms with Gasteiger partial charge in [-0.15, -0.1) is 0 Å². The largest absolute Gasteiger partial charge is 0.324 e. The van der Waals surface area contributed by atoms with Crippen LogP contribution in [0.15, 0.2) is 18.5 Å². The van der Waals surface area contributed by atoms with E-state index in [9.17, 15) is 4.79 Å². The van der Waals surface area contributed by atoms with Crippen molar-refractivity contribution in [1.82, 2.24) is 14.8 Å². The minimum atomic E-state index is -0.0749. The zero-order valence-electron chi connectivity index (χ0n) is 11.5. The van der Waals surface area contributed by atoms with E-state index >= 15 is 0 Å². The van der Waals surface area contributed by atoms with Gasteiger partial charge in [0, 0.05) is 11.4 Å². The first-order valence-electron chi connectivity index (χ1n) is 6.20. The maximum absolute atomic E-state index is 11.8. The lowest BCUT2D eigenvalue weighted by atomic mass is 10.3. The van der Waals surface area contributed by atoms with Gasteiger partial charge in [0.1, 0.15) is 0 Å². The molecule has 2 heterocycles. The Morgan fingerprint density at radius 1 is 1.37 bits per heavy atom. The van der Waals surface area contributed by atoms with Crippen LogP contribution < -0.4 is 5.32 Å². The normalized spacial score (nSPS) is 12.9. The monoisotopic (exact) mass is 278 g/mol. The Morgan fingerprint density at radius 3 is 2.74 bits per heavy atom. The summed E-state index contributed by atoms with van der Waals surface area (Å²) in [6.07, 6.45) is 5.36. The highest BCUT2D eigenvalue weighted by atomic mass is 32.2. The van der Waals surface area contributed by atoms with Crippen LogP contribution in [-0.2, 0) is 4.79 Å². The smallest absolute Gasteiger partial charge is 0.237 e. The molecule has 0 radical (unpaired) electrons. The van der Waals surface area contributed by atoms with E-state index in [0.29, 0.717) is 5.69 Å². The van der Waals surface area contributed by atoms with E-state index in [0.717, 1.165) is 11.0 Å². The Bertz CT molecular complexity index is 593. The first-order chi connectivity index (χ1) is 9.02. The van der Waals surface area contributed by atoms with Gasteiger partial charge in [0.2, 0.25) is 5.91 Å². The lowest BCUT2D eigenvalue weighted by molar-refractivity contribution is -0.115. The third kappa shape index (κ3) is 2.89. The van der Waals surface area contributed by atoms with Crippen LogP contribution in [0.5, 0.6) is 0 Å². The van der Waals surface area contributed by atoms with Gasteiger partial charge in [-0.1, -0.05) is 0 Å². The third-order valence-corrected chi connectivity index (χ3v) is 3.83. The molecule has 0 aliphatic carbocycles. The van der Waals surface area contributed by atoms with Crippen molar-refractivity contribution in [3.05, 3.63) is 18.5 Å². The molecule has 2 aromatic rings. The average Bonchev–Trinajstić information content (AvgIpc) is 2.80. The van der Waals surface area contributed by atoms with Gasteiger partial charge >= 0.3 is 0 Å². The molecule has 0 aliphatic heterocycles. The molecule has 0 saturated heterocycles. The number of thioether (sulfide) groups is 1. The Morgan fingerprint density at radius 2 is 2.11 bits per heavy atom. The summed E-state index contributed by atoms with van der Waals surface area (Å²) in [5.41, 5.74) is 1.55. The molecular formula is C13H18N4OS. The van der Waals surface area contributed by atoms with Crippen molar-refractivity contribution >= 4 is 34.4 Å². The lowest BCUT2D eigenvalue weighted by Gasteiger charge is -2.10. The predicted octanol–water partition coefficient (Wildman–Crippen LogP) is 2.70. The number of carbonyl (C=O) groups is 1. The fourth-order valence-corrected chi connectivity index (χ4v) is 2.01. The summed E-state index contributed by atoms with van der Waals surface area (Å²) >= 11 is 1.51. The minimum absolute atomic E-state index is 0.00935. The summed E-state index contributed by atoms with van der Waals surface area (Å²) in [5.74, 6) is -0.00935. The molecule has 5 nitrogen and oxygen atoms in total. The molecule has 0 spiro atoms. The van der Waals surface area contributed by atoms with Gasteiger partial charge in [0.25, 0.3) is 0 Å². The van der Waals surface area contributed by atoms with Crippen molar-refractivity contribution in [2.45, 2.75) is 32.1 Å². The molecule has 1 atom stereocenters. The third-order valence-electron chi connectivity index (χ3n) is 2.91. The second-order valence-corrected chi connectivity index (χ2v) is 5.87. The van der Waals surface area contributed by atoms with Crippen LogP contribution >= 0.6 is 11.8 Å². The fourth-order valence-electron chi connectivity index (χ4n) is 1.74. The molecule has 102 valence electrons. The van der Waals surface area contributed by atoms with E-state index < -0.39 is 0 Å². The van der Waals surface area contributed by atoms with Crippen molar-refractivity contribution in [2.75, 3.05) is 11.6 Å². The molecule has 0 unspecified atom stereocenters.